The number of benzene rings is 14. The molecule has 0 saturated carbocycles. The Hall–Kier alpha value is -11.2. The van der Waals surface area contributed by atoms with Gasteiger partial charge in [-0.3, -0.25) is 0 Å². The molecular formula is C77H48N4O2. The van der Waals surface area contributed by atoms with E-state index in [1.165, 1.54) is 0 Å². The van der Waals surface area contributed by atoms with Crippen LogP contribution in [0.15, 0.2) is 245 Å². The van der Waals surface area contributed by atoms with Crippen LogP contribution in [0.2, 0.25) is 0 Å². The molecule has 0 fully saturated rings. The van der Waals surface area contributed by atoms with Gasteiger partial charge in [0.2, 0.25) is 0 Å². The van der Waals surface area contributed by atoms with Crippen molar-refractivity contribution in [1.29, 1.82) is 5.26 Å². The fourth-order valence-corrected chi connectivity index (χ4v) is 13.4. The summed E-state index contributed by atoms with van der Waals surface area (Å²) in [5.41, 5.74) is 17.3. The number of fused-ring (bicyclic) bond motifs is 10. The lowest BCUT2D eigenvalue weighted by atomic mass is 9.89. The monoisotopic (exact) mass is 1060 g/mol. The van der Waals surface area contributed by atoms with Gasteiger partial charge in [0.15, 0.2) is 16.9 Å². The van der Waals surface area contributed by atoms with Crippen molar-refractivity contribution in [3.8, 4) is 28.3 Å². The highest BCUT2D eigenvalue weighted by Gasteiger charge is 2.29. The number of hydrogen-bond acceptors (Lipinski definition) is 5. The minimum Gasteiger partial charge on any atom is -0.453 e. The van der Waals surface area contributed by atoms with Crippen molar-refractivity contribution in [1.82, 2.24) is 0 Å². The van der Waals surface area contributed by atoms with Gasteiger partial charge in [0.05, 0.1) is 41.0 Å². The summed E-state index contributed by atoms with van der Waals surface area (Å²) in [6.45, 7) is 14.4. The third-order valence-electron chi connectivity index (χ3n) is 17.1. The van der Waals surface area contributed by atoms with E-state index in [-0.39, 0.29) is 0 Å². The third kappa shape index (κ3) is 7.20. The van der Waals surface area contributed by atoms with Crippen LogP contribution in [-0.4, -0.2) is 0 Å². The van der Waals surface area contributed by atoms with Gasteiger partial charge >= 0.3 is 0 Å². The van der Waals surface area contributed by atoms with E-state index in [2.05, 4.69) is 248 Å². The Labute approximate surface area is 478 Å². The molecule has 0 saturated heterocycles. The topological polar surface area (TPSA) is 60.9 Å². The SMILES string of the molecule is [C-]#[N+]c1ccc(N(c2ccc3c(C)cc4c(N(c5ccc(C#N)cc5C)c5cccc6c5oc5c(-c7ccccc7)cc7ccccc7c56)ccc5ccc2c3c54)c2cccc3c2oc2c(-c4ccccc4)cc4ccccc4c23)c(C)c1. The summed E-state index contributed by atoms with van der Waals surface area (Å²) in [5, 5.41) is 25.6. The Balaban J connectivity index is 0.974. The van der Waals surface area contributed by atoms with Gasteiger partial charge in [0.25, 0.3) is 0 Å². The van der Waals surface area contributed by atoms with E-state index in [4.69, 9.17) is 15.4 Å². The molecule has 0 atom stereocenters. The second-order valence-corrected chi connectivity index (χ2v) is 21.9. The average Bonchev–Trinajstić information content (AvgIpc) is 2.17. The van der Waals surface area contributed by atoms with Crippen LogP contribution < -0.4 is 9.80 Å². The highest BCUT2D eigenvalue weighted by atomic mass is 16.3. The maximum atomic E-state index is 10.2. The van der Waals surface area contributed by atoms with Crippen molar-refractivity contribution in [3.05, 3.63) is 270 Å². The van der Waals surface area contributed by atoms with Crippen LogP contribution in [0.25, 0.3) is 125 Å². The van der Waals surface area contributed by atoms with E-state index in [0.29, 0.717) is 11.3 Å². The number of anilines is 6. The second-order valence-electron chi connectivity index (χ2n) is 21.9. The zero-order valence-corrected chi connectivity index (χ0v) is 45.6. The van der Waals surface area contributed by atoms with Crippen molar-refractivity contribution in [2.75, 3.05) is 9.80 Å². The van der Waals surface area contributed by atoms with Gasteiger partial charge in [0, 0.05) is 54.8 Å². The first-order chi connectivity index (χ1) is 40.8. The van der Waals surface area contributed by atoms with Gasteiger partial charge in [-0.1, -0.05) is 170 Å². The van der Waals surface area contributed by atoms with E-state index >= 15 is 0 Å². The molecule has 6 heteroatoms. The quantitative estimate of drug-likeness (QED) is 0.112. The molecule has 0 bridgehead atoms. The van der Waals surface area contributed by atoms with E-state index in [0.717, 1.165) is 171 Å². The number of nitrogens with zero attached hydrogens (tertiary/aromatic N) is 4. The molecule has 0 aliphatic carbocycles. The molecule has 0 unspecified atom stereocenters. The Kier molecular flexibility index (Phi) is 10.6. The highest BCUT2D eigenvalue weighted by Crippen LogP contribution is 2.53. The van der Waals surface area contributed by atoms with E-state index in [1.54, 1.807) is 0 Å². The number of nitriles is 1. The minimum atomic E-state index is 0.580. The predicted octanol–water partition coefficient (Wildman–Crippen LogP) is 22.3. The van der Waals surface area contributed by atoms with E-state index < -0.39 is 0 Å². The Morgan fingerprint density at radius 3 is 1.41 bits per heavy atom. The first kappa shape index (κ1) is 47.8. The molecule has 83 heavy (non-hydrogen) atoms. The molecule has 16 rings (SSSR count). The highest BCUT2D eigenvalue weighted by molar-refractivity contribution is 6.31. The van der Waals surface area contributed by atoms with Gasteiger partial charge in [-0.2, -0.15) is 5.26 Å². The molecule has 0 radical (unpaired) electrons. The molecule has 6 nitrogen and oxygen atoms in total. The number of furan rings is 2. The molecule has 2 heterocycles. The lowest BCUT2D eigenvalue weighted by Crippen LogP contribution is -2.13. The van der Waals surface area contributed by atoms with E-state index in [1.807, 2.05) is 30.3 Å². The fraction of sp³-hybridized carbons (Fsp3) is 0.0390. The summed E-state index contributed by atoms with van der Waals surface area (Å²) in [4.78, 5) is 8.56. The van der Waals surface area contributed by atoms with E-state index in [9.17, 15) is 5.26 Å². The first-order valence-corrected chi connectivity index (χ1v) is 28.0. The lowest BCUT2D eigenvalue weighted by molar-refractivity contribution is 0.670. The predicted molar refractivity (Wildman–Crippen MR) is 345 cm³/mol. The lowest BCUT2D eigenvalue weighted by Gasteiger charge is -2.31. The second kappa shape index (κ2) is 18.4. The third-order valence-corrected chi connectivity index (χ3v) is 17.1. The molecule has 0 amide bonds. The molecule has 0 N–H and O–H groups in total. The van der Waals surface area contributed by atoms with Gasteiger partial charge < -0.3 is 18.6 Å². The Bertz CT molecular complexity index is 5470. The normalized spacial score (nSPS) is 11.8. The van der Waals surface area contributed by atoms with Crippen LogP contribution in [0.1, 0.15) is 22.3 Å². The van der Waals surface area contributed by atoms with Crippen LogP contribution in [0, 0.1) is 38.7 Å². The number of hydrogen-bond donors (Lipinski definition) is 0. The molecular weight excluding hydrogens is 1010 g/mol. The summed E-state index contributed by atoms with van der Waals surface area (Å²) in [7, 11) is 0. The summed E-state index contributed by atoms with van der Waals surface area (Å²) in [6, 6.07) is 85.9. The van der Waals surface area contributed by atoms with Gasteiger partial charge in [-0.15, -0.1) is 0 Å². The molecule has 388 valence electrons. The summed E-state index contributed by atoms with van der Waals surface area (Å²) >= 11 is 0. The Morgan fingerprint density at radius 1 is 0.349 bits per heavy atom. The maximum absolute atomic E-state index is 10.2. The molecule has 16 aromatic rings. The zero-order valence-electron chi connectivity index (χ0n) is 45.6. The average molecular weight is 1060 g/mol. The smallest absolute Gasteiger partial charge is 0.187 e. The number of rotatable bonds is 8. The van der Waals surface area contributed by atoms with Crippen molar-refractivity contribution in [2.24, 2.45) is 0 Å². The largest absolute Gasteiger partial charge is 0.453 e. The summed E-state index contributed by atoms with van der Waals surface area (Å²) in [5.74, 6) is 0. The molecule has 0 spiro atoms. The number of para-hydroxylation sites is 2. The van der Waals surface area contributed by atoms with Crippen molar-refractivity contribution in [3.63, 3.8) is 0 Å². The maximum Gasteiger partial charge on any atom is 0.187 e. The minimum absolute atomic E-state index is 0.580. The molecule has 14 aromatic carbocycles. The molecule has 2 aromatic heterocycles. The summed E-state index contributed by atoms with van der Waals surface area (Å²) < 4.78 is 14.7. The number of aryl methyl sites for hydroxylation is 3. The van der Waals surface area contributed by atoms with Gasteiger partial charge in [-0.25, -0.2) is 4.85 Å². The Morgan fingerprint density at radius 2 is 0.843 bits per heavy atom. The van der Waals surface area contributed by atoms with Crippen LogP contribution >= 0.6 is 0 Å². The van der Waals surface area contributed by atoms with Crippen molar-refractivity contribution >= 4 is 138 Å². The van der Waals surface area contributed by atoms with Gasteiger partial charge in [-0.05, 0) is 158 Å². The fourth-order valence-electron chi connectivity index (χ4n) is 13.4. The van der Waals surface area contributed by atoms with Crippen molar-refractivity contribution < 1.29 is 8.83 Å². The molecule has 0 aliphatic rings. The molecule has 0 aliphatic heterocycles. The van der Waals surface area contributed by atoms with Crippen LogP contribution in [-0.2, 0) is 0 Å². The standard InChI is InChI=1S/C77H48N4O2/c1-45-41-63-67(81(64-35-29-48(44-78)39-46(64)2)69-28-16-26-60-73-57-24-14-12-22-53(57)43-62(77(73)83-75(60)69)50-19-9-6-10-20-50)36-31-51-30-33-58-66(38-34-55(45)71(58)70(51)63)80(65-37-32-54(79-4)40-47(65)3)68-27-15-25-59-72-56-23-13-11-21-52(56)42-61(76(72)82-74(59)68)49-17-7-5-8-18-49/h5-43H,1-3H3. The van der Waals surface area contributed by atoms with Crippen LogP contribution in [0.3, 0.4) is 0 Å². The zero-order chi connectivity index (χ0) is 55.6. The van der Waals surface area contributed by atoms with Crippen LogP contribution in [0.4, 0.5) is 39.8 Å². The van der Waals surface area contributed by atoms with Gasteiger partial charge in [0.1, 0.15) is 11.2 Å². The summed E-state index contributed by atoms with van der Waals surface area (Å²) in [6.07, 6.45) is 0. The van der Waals surface area contributed by atoms with Crippen LogP contribution in [0.5, 0.6) is 0 Å². The van der Waals surface area contributed by atoms with Crippen molar-refractivity contribution in [2.45, 2.75) is 20.8 Å². The first-order valence-electron chi connectivity index (χ1n) is 28.0.